The second-order valence-corrected chi connectivity index (χ2v) is 8.51. The van der Waals surface area contributed by atoms with Crippen LogP contribution in [0.5, 0.6) is 11.5 Å². The molecule has 0 aliphatic rings. The van der Waals surface area contributed by atoms with Crippen LogP contribution in [0.15, 0.2) is 76.7 Å². The van der Waals surface area contributed by atoms with Crippen LogP contribution in [0.3, 0.4) is 0 Å². The Hall–Kier alpha value is -3.56. The van der Waals surface area contributed by atoms with Gasteiger partial charge in [-0.3, -0.25) is 9.52 Å². The van der Waals surface area contributed by atoms with Gasteiger partial charge in [-0.25, -0.2) is 13.8 Å². The van der Waals surface area contributed by atoms with Crippen LogP contribution < -0.4 is 19.6 Å². The fraction of sp³-hybridized carbons (Fsp3) is 0.0909. The lowest BCUT2D eigenvalue weighted by molar-refractivity contribution is 0.0956. The van der Waals surface area contributed by atoms with Gasteiger partial charge < -0.3 is 9.47 Å². The van der Waals surface area contributed by atoms with E-state index in [1.807, 2.05) is 0 Å². The number of sulfonamides is 1. The van der Waals surface area contributed by atoms with Gasteiger partial charge >= 0.3 is 0 Å². The lowest BCUT2D eigenvalue weighted by atomic mass is 10.2. The van der Waals surface area contributed by atoms with Crippen LogP contribution in [0, 0.1) is 0 Å². The molecule has 8 nitrogen and oxygen atoms in total. The first-order valence-electron chi connectivity index (χ1n) is 9.27. The number of amides is 1. The van der Waals surface area contributed by atoms with Gasteiger partial charge in [-0.15, -0.1) is 0 Å². The van der Waals surface area contributed by atoms with E-state index in [-0.39, 0.29) is 16.1 Å². The maximum atomic E-state index is 12.7. The van der Waals surface area contributed by atoms with E-state index in [0.717, 1.165) is 0 Å². The van der Waals surface area contributed by atoms with Crippen LogP contribution in [0.25, 0.3) is 0 Å². The third-order valence-electron chi connectivity index (χ3n) is 4.34. The number of carbonyl (C=O) groups excluding carboxylic acids is 1. The number of ether oxygens (including phenoxy) is 2. The molecule has 166 valence electrons. The number of hydrogen-bond donors (Lipinski definition) is 2. The standard InChI is InChI=1S/C22H20ClN3O5S/c1-30-20-9-5-6-15(21(20)31-2)14-24-25-22(27)18-7-3-4-8-19(18)26-32(28,29)17-12-10-16(23)11-13-17/h3-14,26H,1-2H3,(H,25,27)/b24-14+. The zero-order chi connectivity index (χ0) is 23.1. The Morgan fingerprint density at radius 2 is 1.69 bits per heavy atom. The number of nitrogens with zero attached hydrogens (tertiary/aromatic N) is 1. The molecule has 0 heterocycles. The van der Waals surface area contributed by atoms with Crippen molar-refractivity contribution in [1.29, 1.82) is 0 Å². The summed E-state index contributed by atoms with van der Waals surface area (Å²) in [6, 6.07) is 17.1. The summed E-state index contributed by atoms with van der Waals surface area (Å²) in [5, 5.41) is 4.37. The van der Waals surface area contributed by atoms with E-state index >= 15 is 0 Å². The molecule has 32 heavy (non-hydrogen) atoms. The van der Waals surface area contributed by atoms with E-state index < -0.39 is 15.9 Å². The highest BCUT2D eigenvalue weighted by atomic mass is 35.5. The van der Waals surface area contributed by atoms with Crippen LogP contribution in [-0.2, 0) is 10.0 Å². The van der Waals surface area contributed by atoms with Crippen LogP contribution in [0.4, 0.5) is 5.69 Å². The highest BCUT2D eigenvalue weighted by Crippen LogP contribution is 2.29. The summed E-state index contributed by atoms with van der Waals surface area (Å²) in [5.41, 5.74) is 3.18. The zero-order valence-corrected chi connectivity index (χ0v) is 18.8. The number of methoxy groups -OCH3 is 2. The van der Waals surface area contributed by atoms with Gasteiger partial charge in [0, 0.05) is 10.6 Å². The molecule has 0 radical (unpaired) electrons. The van der Waals surface area contributed by atoms with Crippen LogP contribution in [0.1, 0.15) is 15.9 Å². The van der Waals surface area contributed by atoms with E-state index in [0.29, 0.717) is 22.1 Å². The number of hydrazone groups is 1. The number of halogens is 1. The van der Waals surface area contributed by atoms with Gasteiger partial charge in [0.05, 0.1) is 36.6 Å². The molecule has 3 aromatic rings. The number of rotatable bonds is 8. The van der Waals surface area contributed by atoms with Crippen molar-refractivity contribution in [2.75, 3.05) is 18.9 Å². The molecule has 2 N–H and O–H groups in total. The van der Waals surface area contributed by atoms with Gasteiger partial charge in [-0.2, -0.15) is 5.10 Å². The fourth-order valence-electron chi connectivity index (χ4n) is 2.82. The number of para-hydroxylation sites is 2. The summed E-state index contributed by atoms with van der Waals surface area (Å²) < 4.78 is 38.3. The molecule has 0 aliphatic heterocycles. The van der Waals surface area contributed by atoms with Crippen molar-refractivity contribution in [3.63, 3.8) is 0 Å². The highest BCUT2D eigenvalue weighted by molar-refractivity contribution is 7.92. The Balaban J connectivity index is 1.79. The van der Waals surface area contributed by atoms with Crippen LogP contribution in [0.2, 0.25) is 5.02 Å². The van der Waals surface area contributed by atoms with Gasteiger partial charge in [-0.1, -0.05) is 29.8 Å². The monoisotopic (exact) mass is 473 g/mol. The molecule has 0 atom stereocenters. The van der Waals surface area contributed by atoms with Gasteiger partial charge in [0.2, 0.25) is 0 Å². The Kier molecular flexibility index (Phi) is 7.34. The minimum Gasteiger partial charge on any atom is -0.493 e. The molecule has 0 unspecified atom stereocenters. The molecule has 0 aliphatic carbocycles. The SMILES string of the molecule is COc1cccc(/C=N/NC(=O)c2ccccc2NS(=O)(=O)c2ccc(Cl)cc2)c1OC. The fourth-order valence-corrected chi connectivity index (χ4v) is 4.03. The average molecular weight is 474 g/mol. The molecular formula is C22H20ClN3O5S. The normalized spacial score (nSPS) is 11.2. The molecule has 0 spiro atoms. The van der Waals surface area contributed by atoms with Crippen LogP contribution in [-0.4, -0.2) is 34.8 Å². The maximum Gasteiger partial charge on any atom is 0.273 e. The first-order chi connectivity index (χ1) is 15.4. The van der Waals surface area contributed by atoms with E-state index in [1.54, 1.807) is 30.3 Å². The van der Waals surface area contributed by atoms with E-state index in [9.17, 15) is 13.2 Å². The predicted molar refractivity (Wildman–Crippen MR) is 123 cm³/mol. The first kappa shape index (κ1) is 23.1. The summed E-state index contributed by atoms with van der Waals surface area (Å²) in [4.78, 5) is 12.7. The number of anilines is 1. The Morgan fingerprint density at radius 3 is 2.38 bits per heavy atom. The Morgan fingerprint density at radius 1 is 0.969 bits per heavy atom. The summed E-state index contributed by atoms with van der Waals surface area (Å²) in [6.07, 6.45) is 1.40. The first-order valence-corrected chi connectivity index (χ1v) is 11.1. The van der Waals surface area contributed by atoms with Gasteiger partial charge in [0.25, 0.3) is 15.9 Å². The number of carbonyl (C=O) groups is 1. The number of nitrogens with one attached hydrogen (secondary N) is 2. The van der Waals surface area contributed by atoms with Crippen molar-refractivity contribution in [1.82, 2.24) is 5.43 Å². The largest absolute Gasteiger partial charge is 0.493 e. The van der Waals surface area contributed by atoms with Crippen molar-refractivity contribution < 1.29 is 22.7 Å². The Labute approximate surface area is 190 Å². The van der Waals surface area contributed by atoms with Gasteiger partial charge in [0.15, 0.2) is 11.5 Å². The molecule has 0 saturated carbocycles. The summed E-state index contributed by atoms with van der Waals surface area (Å²) in [7, 11) is -0.911. The average Bonchev–Trinajstić information content (AvgIpc) is 2.79. The number of hydrogen-bond acceptors (Lipinski definition) is 6. The van der Waals surface area contributed by atoms with Crippen molar-refractivity contribution >= 4 is 39.4 Å². The third kappa shape index (κ3) is 5.37. The van der Waals surface area contributed by atoms with Crippen molar-refractivity contribution in [3.8, 4) is 11.5 Å². The minimum atomic E-state index is -3.92. The number of benzene rings is 3. The molecule has 0 bridgehead atoms. The highest BCUT2D eigenvalue weighted by Gasteiger charge is 2.18. The third-order valence-corrected chi connectivity index (χ3v) is 5.98. The lowest BCUT2D eigenvalue weighted by Crippen LogP contribution is -2.21. The lowest BCUT2D eigenvalue weighted by Gasteiger charge is -2.12. The molecule has 10 heteroatoms. The maximum absolute atomic E-state index is 12.7. The topological polar surface area (TPSA) is 106 Å². The molecule has 0 fully saturated rings. The van der Waals surface area contributed by atoms with Crippen molar-refractivity contribution in [2.24, 2.45) is 5.10 Å². The molecule has 1 amide bonds. The van der Waals surface area contributed by atoms with Gasteiger partial charge in [-0.05, 0) is 48.5 Å². The second-order valence-electron chi connectivity index (χ2n) is 6.39. The minimum absolute atomic E-state index is 0.0141. The van der Waals surface area contributed by atoms with Crippen molar-refractivity contribution in [3.05, 3.63) is 82.9 Å². The van der Waals surface area contributed by atoms with E-state index in [2.05, 4.69) is 15.2 Å². The second kappa shape index (κ2) is 10.2. The smallest absolute Gasteiger partial charge is 0.273 e. The zero-order valence-electron chi connectivity index (χ0n) is 17.2. The predicted octanol–water partition coefficient (Wildman–Crippen LogP) is 3.92. The molecular weight excluding hydrogens is 454 g/mol. The molecule has 0 aromatic heterocycles. The van der Waals surface area contributed by atoms with Crippen LogP contribution >= 0.6 is 11.6 Å². The van der Waals surface area contributed by atoms with E-state index in [4.69, 9.17) is 21.1 Å². The summed E-state index contributed by atoms with van der Waals surface area (Å²) >= 11 is 5.82. The summed E-state index contributed by atoms with van der Waals surface area (Å²) in [5.74, 6) is 0.381. The molecule has 3 aromatic carbocycles. The summed E-state index contributed by atoms with van der Waals surface area (Å²) in [6.45, 7) is 0. The Bertz CT molecular complexity index is 1240. The van der Waals surface area contributed by atoms with Crippen molar-refractivity contribution in [2.45, 2.75) is 4.90 Å². The quantitative estimate of drug-likeness (QED) is 0.381. The molecule has 3 rings (SSSR count). The van der Waals surface area contributed by atoms with Gasteiger partial charge in [0.1, 0.15) is 0 Å². The van der Waals surface area contributed by atoms with E-state index in [1.165, 1.54) is 56.8 Å². The molecule has 0 saturated heterocycles.